The molecule has 1 aromatic heterocycles. The minimum atomic E-state index is -0.383. The number of halogens is 1. The topological polar surface area (TPSA) is 53.1 Å². The Balaban J connectivity index is 2.13. The molecular formula is C16H22ClN3O. The molecule has 21 heavy (non-hydrogen) atoms. The van der Waals surface area contributed by atoms with Crippen LogP contribution in [0.2, 0.25) is 5.15 Å². The average molecular weight is 308 g/mol. The van der Waals surface area contributed by atoms with Crippen LogP contribution < -0.4 is 10.5 Å². The number of aryl methyl sites for hydroxylation is 2. The van der Waals surface area contributed by atoms with Crippen LogP contribution in [0.1, 0.15) is 23.7 Å². The van der Waals surface area contributed by atoms with E-state index in [0.29, 0.717) is 11.6 Å². The number of hydrogen-bond acceptors (Lipinski definition) is 3. The maximum atomic E-state index is 6.47. The fourth-order valence-electron chi connectivity index (χ4n) is 2.55. The lowest BCUT2D eigenvalue weighted by Gasteiger charge is -2.25. The third-order valence-electron chi connectivity index (χ3n) is 3.62. The molecule has 0 radical (unpaired) electrons. The molecule has 2 N–H and O–H groups in total. The molecule has 0 saturated heterocycles. The molecular weight excluding hydrogens is 286 g/mol. The Morgan fingerprint density at radius 1 is 1.29 bits per heavy atom. The highest BCUT2D eigenvalue weighted by molar-refractivity contribution is 6.30. The molecule has 114 valence electrons. The second-order valence-electron chi connectivity index (χ2n) is 5.83. The van der Waals surface area contributed by atoms with E-state index in [9.17, 15) is 0 Å². The van der Waals surface area contributed by atoms with Crippen LogP contribution in [0.4, 0.5) is 0 Å². The highest BCUT2D eigenvalue weighted by atomic mass is 35.5. The van der Waals surface area contributed by atoms with Gasteiger partial charge in [-0.05, 0) is 44.4 Å². The molecule has 1 heterocycles. The number of aromatic nitrogens is 2. The number of ether oxygens (including phenoxy) is 1. The van der Waals surface area contributed by atoms with Crippen molar-refractivity contribution in [3.63, 3.8) is 0 Å². The molecule has 1 unspecified atom stereocenters. The fourth-order valence-corrected chi connectivity index (χ4v) is 2.79. The zero-order chi connectivity index (χ0) is 15.6. The zero-order valence-corrected chi connectivity index (χ0v) is 13.7. The molecule has 0 fully saturated rings. The Morgan fingerprint density at radius 2 is 1.90 bits per heavy atom. The van der Waals surface area contributed by atoms with Crippen LogP contribution >= 0.6 is 11.6 Å². The van der Waals surface area contributed by atoms with Crippen molar-refractivity contribution in [1.29, 1.82) is 0 Å². The van der Waals surface area contributed by atoms with Crippen LogP contribution in [0, 0.1) is 6.92 Å². The van der Waals surface area contributed by atoms with Crippen molar-refractivity contribution < 1.29 is 4.74 Å². The van der Waals surface area contributed by atoms with Crippen molar-refractivity contribution in [2.45, 2.75) is 32.2 Å². The van der Waals surface area contributed by atoms with Gasteiger partial charge in [-0.3, -0.25) is 4.68 Å². The number of nitrogens with two attached hydrogens (primary N) is 1. The predicted octanol–water partition coefficient (Wildman–Crippen LogP) is 2.89. The molecule has 0 amide bonds. The van der Waals surface area contributed by atoms with E-state index in [1.807, 2.05) is 45.2 Å². The highest BCUT2D eigenvalue weighted by Gasteiger charge is 2.24. The number of hydrogen-bond donors (Lipinski definition) is 1. The lowest BCUT2D eigenvalue weighted by Crippen LogP contribution is -2.41. The van der Waals surface area contributed by atoms with E-state index in [1.165, 1.54) is 5.56 Å². The first kappa shape index (κ1) is 15.9. The van der Waals surface area contributed by atoms with E-state index in [4.69, 9.17) is 22.1 Å². The summed E-state index contributed by atoms with van der Waals surface area (Å²) in [6.07, 6.45) is 1.46. The Labute approximate surface area is 130 Å². The predicted molar refractivity (Wildman–Crippen MR) is 85.9 cm³/mol. The third kappa shape index (κ3) is 3.77. The summed E-state index contributed by atoms with van der Waals surface area (Å²) in [6, 6.07) is 7.99. The first-order valence-electron chi connectivity index (χ1n) is 6.92. The van der Waals surface area contributed by atoms with Gasteiger partial charge in [0.15, 0.2) is 0 Å². The Bertz CT molecular complexity index is 617. The zero-order valence-electron chi connectivity index (χ0n) is 13.0. The van der Waals surface area contributed by atoms with Crippen molar-refractivity contribution in [1.82, 2.24) is 9.78 Å². The molecule has 0 spiro atoms. The number of nitrogens with zero attached hydrogens (tertiary/aromatic N) is 2. The molecule has 0 saturated carbocycles. The lowest BCUT2D eigenvalue weighted by molar-refractivity contribution is 0.414. The summed E-state index contributed by atoms with van der Waals surface area (Å²) in [6.45, 7) is 4.00. The molecule has 4 nitrogen and oxygen atoms in total. The molecule has 0 aliphatic carbocycles. The van der Waals surface area contributed by atoms with Gasteiger partial charge < -0.3 is 10.5 Å². The van der Waals surface area contributed by atoms with Gasteiger partial charge in [0.2, 0.25) is 0 Å². The van der Waals surface area contributed by atoms with Crippen molar-refractivity contribution in [3.05, 3.63) is 46.2 Å². The van der Waals surface area contributed by atoms with Crippen LogP contribution in [0.25, 0.3) is 0 Å². The van der Waals surface area contributed by atoms with Crippen LogP contribution in [0.3, 0.4) is 0 Å². The fraction of sp³-hybridized carbons (Fsp3) is 0.438. The minimum absolute atomic E-state index is 0.383. The van der Waals surface area contributed by atoms with E-state index in [2.05, 4.69) is 5.10 Å². The first-order valence-corrected chi connectivity index (χ1v) is 7.30. The largest absolute Gasteiger partial charge is 0.497 e. The quantitative estimate of drug-likeness (QED) is 0.924. The number of rotatable bonds is 5. The van der Waals surface area contributed by atoms with Gasteiger partial charge in [0.25, 0.3) is 0 Å². The molecule has 2 aromatic rings. The summed E-state index contributed by atoms with van der Waals surface area (Å²) in [4.78, 5) is 0. The Kier molecular flexibility index (Phi) is 4.59. The third-order valence-corrected chi connectivity index (χ3v) is 4.09. The van der Waals surface area contributed by atoms with Gasteiger partial charge >= 0.3 is 0 Å². The van der Waals surface area contributed by atoms with Crippen molar-refractivity contribution in [3.8, 4) is 5.75 Å². The van der Waals surface area contributed by atoms with Gasteiger partial charge in [0.1, 0.15) is 10.9 Å². The van der Waals surface area contributed by atoms with Gasteiger partial charge in [-0.1, -0.05) is 23.7 Å². The van der Waals surface area contributed by atoms with Gasteiger partial charge in [0, 0.05) is 18.2 Å². The lowest BCUT2D eigenvalue weighted by atomic mass is 9.87. The standard InChI is InChI=1S/C16H22ClN3O/c1-11-14(15(17)20(3)19-11)10-16(2,18)9-12-5-7-13(21-4)8-6-12/h5-8H,9-10,18H2,1-4H3. The maximum Gasteiger partial charge on any atom is 0.130 e. The van der Waals surface area contributed by atoms with Gasteiger partial charge in [-0.15, -0.1) is 0 Å². The summed E-state index contributed by atoms with van der Waals surface area (Å²) < 4.78 is 6.86. The molecule has 5 heteroatoms. The molecule has 1 aromatic carbocycles. The van der Waals surface area contributed by atoms with E-state index < -0.39 is 0 Å². The normalized spacial score (nSPS) is 14.0. The van der Waals surface area contributed by atoms with E-state index in [-0.39, 0.29) is 5.54 Å². The molecule has 0 bridgehead atoms. The molecule has 2 rings (SSSR count). The van der Waals surface area contributed by atoms with E-state index in [1.54, 1.807) is 11.8 Å². The molecule has 1 atom stereocenters. The van der Waals surface area contributed by atoms with Gasteiger partial charge in [-0.25, -0.2) is 0 Å². The summed E-state index contributed by atoms with van der Waals surface area (Å²) in [5, 5.41) is 5.00. The first-order chi connectivity index (χ1) is 9.82. The second-order valence-corrected chi connectivity index (χ2v) is 6.19. The number of benzene rings is 1. The molecule has 0 aliphatic rings. The summed E-state index contributed by atoms with van der Waals surface area (Å²) in [5.41, 5.74) is 9.23. The average Bonchev–Trinajstić information content (AvgIpc) is 2.65. The van der Waals surface area contributed by atoms with Crippen LogP contribution in [0.5, 0.6) is 5.75 Å². The van der Waals surface area contributed by atoms with Crippen molar-refractivity contribution in [2.75, 3.05) is 7.11 Å². The molecule has 0 aliphatic heterocycles. The monoisotopic (exact) mass is 307 g/mol. The van der Waals surface area contributed by atoms with Crippen LogP contribution in [-0.2, 0) is 19.9 Å². The van der Waals surface area contributed by atoms with Crippen LogP contribution in [0.15, 0.2) is 24.3 Å². The Hall–Kier alpha value is -1.52. The van der Waals surface area contributed by atoms with Gasteiger partial charge in [0.05, 0.1) is 12.8 Å². The summed E-state index contributed by atoms with van der Waals surface area (Å²) >= 11 is 6.29. The van der Waals surface area contributed by atoms with Crippen LogP contribution in [-0.4, -0.2) is 22.4 Å². The summed E-state index contributed by atoms with van der Waals surface area (Å²) in [7, 11) is 3.51. The Morgan fingerprint density at radius 3 is 2.38 bits per heavy atom. The van der Waals surface area contributed by atoms with E-state index >= 15 is 0 Å². The smallest absolute Gasteiger partial charge is 0.130 e. The van der Waals surface area contributed by atoms with Crippen molar-refractivity contribution in [2.24, 2.45) is 12.8 Å². The maximum absolute atomic E-state index is 6.47. The van der Waals surface area contributed by atoms with E-state index in [0.717, 1.165) is 23.4 Å². The SMILES string of the molecule is COc1ccc(CC(C)(N)Cc2c(C)nn(C)c2Cl)cc1. The van der Waals surface area contributed by atoms with Gasteiger partial charge in [-0.2, -0.15) is 5.10 Å². The number of methoxy groups -OCH3 is 1. The summed E-state index contributed by atoms with van der Waals surface area (Å²) in [5.74, 6) is 0.851. The minimum Gasteiger partial charge on any atom is -0.497 e. The van der Waals surface area contributed by atoms with Crippen molar-refractivity contribution >= 4 is 11.6 Å². The second kappa shape index (κ2) is 6.08. The highest BCUT2D eigenvalue weighted by Crippen LogP contribution is 2.25.